The first kappa shape index (κ1) is 32.2. The van der Waals surface area contributed by atoms with Crippen molar-refractivity contribution < 1.29 is 18.1 Å². The van der Waals surface area contributed by atoms with Gasteiger partial charge in [-0.2, -0.15) is 4.98 Å². The van der Waals surface area contributed by atoms with Gasteiger partial charge in [-0.15, -0.1) is 0 Å². The predicted molar refractivity (Wildman–Crippen MR) is 187 cm³/mol. The van der Waals surface area contributed by atoms with Crippen molar-refractivity contribution in [3.63, 3.8) is 0 Å². The highest BCUT2D eigenvalue weighted by atomic mass is 28.4. The van der Waals surface area contributed by atoms with Gasteiger partial charge >= 0.3 is 5.69 Å². The number of rotatable bonds is 8. The molecule has 0 bridgehead atoms. The molecule has 6 aromatic rings. The molecule has 0 saturated carbocycles. The molecule has 49 heavy (non-hydrogen) atoms. The van der Waals surface area contributed by atoms with Crippen LogP contribution >= 0.6 is 0 Å². The van der Waals surface area contributed by atoms with E-state index in [9.17, 15) is 18.9 Å². The molecule has 7 rings (SSSR count). The summed E-state index contributed by atoms with van der Waals surface area (Å²) in [4.78, 5) is 24.6. The molecule has 248 valence electrons. The average molecular weight is 677 g/mol. The fraction of sp³-hybridized carbons (Fsp3) is 0.216. The summed E-state index contributed by atoms with van der Waals surface area (Å²) in [6.45, 7) is 6.63. The van der Waals surface area contributed by atoms with Crippen molar-refractivity contribution in [1.29, 1.82) is 0 Å². The summed E-state index contributed by atoms with van der Waals surface area (Å²) in [5, 5.41) is 17.4. The van der Waals surface area contributed by atoms with Gasteiger partial charge in [0.15, 0.2) is 0 Å². The average Bonchev–Trinajstić information content (AvgIpc) is 3.51. The van der Waals surface area contributed by atoms with Crippen LogP contribution in [0.15, 0.2) is 110 Å². The summed E-state index contributed by atoms with van der Waals surface area (Å²) < 4.78 is 38.0. The van der Waals surface area contributed by atoms with E-state index in [1.165, 1.54) is 41.2 Å². The summed E-state index contributed by atoms with van der Waals surface area (Å²) in [6, 6.07) is 28.9. The van der Waals surface area contributed by atoms with E-state index >= 15 is 0 Å². The molecule has 2 atom stereocenters. The molecule has 0 aliphatic heterocycles. The third kappa shape index (κ3) is 5.87. The van der Waals surface area contributed by atoms with E-state index in [-0.39, 0.29) is 28.6 Å². The second-order valence-electron chi connectivity index (χ2n) is 13.2. The standard InChI is InChI=1S/C37H34F2N6O3Si/c1-37(2,3)49(26-10-6-4-7-11-26,27-12-8-5-9-13-27)48-34-19-18-30(29-20-24(38)14-16-28(29)34)42-35-33(45(46)47)22-40-36(43-35)44-23-41-31-17-15-25(39)21-32(31)44/h4-17,20-23,30,34H,18-19H2,1-3H3,(H,40,42,43)/t30-,34+/m1/s1. The van der Waals surface area contributed by atoms with Gasteiger partial charge in [-0.25, -0.2) is 18.7 Å². The van der Waals surface area contributed by atoms with Crippen LogP contribution in [0.4, 0.5) is 20.3 Å². The van der Waals surface area contributed by atoms with Crippen LogP contribution < -0.4 is 15.7 Å². The summed E-state index contributed by atoms with van der Waals surface area (Å²) >= 11 is 0. The van der Waals surface area contributed by atoms with Crippen molar-refractivity contribution in [2.75, 3.05) is 5.32 Å². The second kappa shape index (κ2) is 12.6. The molecular formula is C37H34F2N6O3Si. The first-order chi connectivity index (χ1) is 23.5. The van der Waals surface area contributed by atoms with Crippen molar-refractivity contribution in [3.8, 4) is 5.95 Å². The molecule has 0 unspecified atom stereocenters. The van der Waals surface area contributed by atoms with Gasteiger partial charge in [0, 0.05) is 6.07 Å². The maximum absolute atomic E-state index is 15.0. The Kier molecular flexibility index (Phi) is 8.29. The zero-order valence-corrected chi connectivity index (χ0v) is 28.2. The number of benzene rings is 4. The van der Waals surface area contributed by atoms with Crippen molar-refractivity contribution in [2.24, 2.45) is 0 Å². The Morgan fingerprint density at radius 1 is 0.878 bits per heavy atom. The molecular weight excluding hydrogens is 643 g/mol. The molecule has 9 nitrogen and oxygen atoms in total. The van der Waals surface area contributed by atoms with Gasteiger partial charge in [-0.3, -0.25) is 14.7 Å². The largest absolute Gasteiger partial charge is 0.400 e. The predicted octanol–water partition coefficient (Wildman–Crippen LogP) is 7.57. The van der Waals surface area contributed by atoms with Crippen LogP contribution in [0, 0.1) is 21.7 Å². The Morgan fingerprint density at radius 2 is 1.53 bits per heavy atom. The lowest BCUT2D eigenvalue weighted by atomic mass is 9.85. The van der Waals surface area contributed by atoms with Gasteiger partial charge < -0.3 is 9.74 Å². The number of imidazole rings is 1. The molecule has 2 heterocycles. The van der Waals surface area contributed by atoms with Gasteiger partial charge in [0.1, 0.15) is 24.2 Å². The highest BCUT2D eigenvalue weighted by molar-refractivity contribution is 6.99. The first-order valence-corrected chi connectivity index (χ1v) is 17.9. The summed E-state index contributed by atoms with van der Waals surface area (Å²) in [7, 11) is -2.96. The molecule has 1 aliphatic rings. The highest BCUT2D eigenvalue weighted by Crippen LogP contribution is 2.46. The molecule has 0 saturated heterocycles. The molecule has 1 aliphatic carbocycles. The molecule has 0 fully saturated rings. The SMILES string of the molecule is CC(C)(C)[Si](O[C@H]1CC[C@@H](Nc2nc(-n3cnc4ccc(F)cc43)ncc2[N+](=O)[O-])c2cc(F)ccc21)(c1ccccc1)c1ccccc1. The first-order valence-electron chi connectivity index (χ1n) is 16.0. The van der Waals surface area contributed by atoms with Gasteiger partial charge in [0.2, 0.25) is 11.8 Å². The Bertz CT molecular complexity index is 2120. The Hall–Kier alpha value is -5.33. The van der Waals surface area contributed by atoms with Crippen LogP contribution in [-0.2, 0) is 4.43 Å². The summed E-state index contributed by atoms with van der Waals surface area (Å²) in [5.41, 5.74) is 2.03. The zero-order chi connectivity index (χ0) is 34.3. The lowest BCUT2D eigenvalue weighted by Gasteiger charge is -2.46. The number of fused-ring (bicyclic) bond motifs is 2. The lowest BCUT2D eigenvalue weighted by molar-refractivity contribution is -0.384. The van der Waals surface area contributed by atoms with Crippen LogP contribution in [-0.4, -0.2) is 32.8 Å². The quantitative estimate of drug-likeness (QED) is 0.101. The molecule has 2 aromatic heterocycles. The molecule has 12 heteroatoms. The third-order valence-corrected chi connectivity index (χ3v) is 14.3. The minimum atomic E-state index is -2.96. The number of nitro groups is 1. The van der Waals surface area contributed by atoms with Crippen LogP contribution in [0.2, 0.25) is 5.04 Å². The zero-order valence-electron chi connectivity index (χ0n) is 27.2. The minimum absolute atomic E-state index is 0.0418. The van der Waals surface area contributed by atoms with Crippen LogP contribution in [0.3, 0.4) is 0 Å². The number of anilines is 1. The van der Waals surface area contributed by atoms with Crippen molar-refractivity contribution in [3.05, 3.63) is 142 Å². The van der Waals surface area contributed by atoms with Gasteiger partial charge in [-0.1, -0.05) is 87.5 Å². The van der Waals surface area contributed by atoms with E-state index in [1.807, 2.05) is 36.4 Å². The van der Waals surface area contributed by atoms with Crippen molar-refractivity contribution in [2.45, 2.75) is 50.8 Å². The number of halogens is 2. The number of hydrogen-bond acceptors (Lipinski definition) is 7. The monoisotopic (exact) mass is 676 g/mol. The Morgan fingerprint density at radius 3 is 2.18 bits per heavy atom. The highest BCUT2D eigenvalue weighted by Gasteiger charge is 2.52. The lowest BCUT2D eigenvalue weighted by Crippen LogP contribution is -2.67. The smallest absolute Gasteiger partial charge is 0.329 e. The minimum Gasteiger partial charge on any atom is -0.400 e. The maximum atomic E-state index is 15.0. The molecule has 1 N–H and O–H groups in total. The van der Waals surface area contributed by atoms with Gasteiger partial charge in [0.05, 0.1) is 28.1 Å². The molecule has 4 aromatic carbocycles. The van der Waals surface area contributed by atoms with Crippen LogP contribution in [0.5, 0.6) is 0 Å². The van der Waals surface area contributed by atoms with Crippen LogP contribution in [0.25, 0.3) is 17.0 Å². The van der Waals surface area contributed by atoms with Crippen LogP contribution in [0.1, 0.15) is 56.9 Å². The van der Waals surface area contributed by atoms with Gasteiger partial charge in [-0.05, 0) is 63.6 Å². The van der Waals surface area contributed by atoms with E-state index in [0.717, 1.165) is 22.1 Å². The summed E-state index contributed by atoms with van der Waals surface area (Å²) in [6.07, 6.45) is 3.23. The van der Waals surface area contributed by atoms with Crippen molar-refractivity contribution in [1.82, 2.24) is 19.5 Å². The van der Waals surface area contributed by atoms with E-state index in [1.54, 1.807) is 6.07 Å². The van der Waals surface area contributed by atoms with Crippen molar-refractivity contribution >= 4 is 41.2 Å². The summed E-state index contributed by atoms with van der Waals surface area (Å²) in [5.74, 6) is -0.865. The fourth-order valence-corrected chi connectivity index (χ4v) is 11.7. The molecule has 0 amide bonds. The topological polar surface area (TPSA) is 108 Å². The van der Waals surface area contributed by atoms with E-state index in [4.69, 9.17) is 4.43 Å². The maximum Gasteiger partial charge on any atom is 0.329 e. The fourth-order valence-electron chi connectivity index (χ4n) is 6.97. The normalized spacial score (nSPS) is 16.3. The van der Waals surface area contributed by atoms with E-state index < -0.39 is 30.9 Å². The Balaban J connectivity index is 1.29. The van der Waals surface area contributed by atoms with E-state index in [0.29, 0.717) is 29.4 Å². The number of nitrogens with one attached hydrogen (secondary N) is 1. The molecule has 0 spiro atoms. The third-order valence-electron chi connectivity index (χ3n) is 9.21. The number of hydrogen-bond donors (Lipinski definition) is 1. The number of nitrogens with zero attached hydrogens (tertiary/aromatic N) is 5. The number of aromatic nitrogens is 4. The van der Waals surface area contributed by atoms with Gasteiger partial charge in [0.25, 0.3) is 8.32 Å². The Labute approximate surface area is 282 Å². The molecule has 0 radical (unpaired) electrons. The van der Waals surface area contributed by atoms with E-state index in [2.05, 4.69) is 65.3 Å². The second-order valence-corrected chi connectivity index (χ2v) is 17.5.